The van der Waals surface area contributed by atoms with E-state index in [1.165, 1.54) is 0 Å². The molecule has 0 aliphatic heterocycles. The third kappa shape index (κ3) is 4.76. The van der Waals surface area contributed by atoms with E-state index >= 15 is 0 Å². The predicted octanol–water partition coefficient (Wildman–Crippen LogP) is 4.76. The minimum Gasteiger partial charge on any atom is -0.309 e. The number of hydrogen-bond acceptors (Lipinski definition) is 1. The molecule has 1 rings (SSSR count). The van der Waals surface area contributed by atoms with Crippen LogP contribution in [-0.4, -0.2) is 7.05 Å². The summed E-state index contributed by atoms with van der Waals surface area (Å²) in [6.07, 6.45) is 3.91. The van der Waals surface area contributed by atoms with Crippen LogP contribution < -0.4 is 5.32 Å². The number of halogens is 1. The van der Waals surface area contributed by atoms with Crippen LogP contribution in [-0.2, 0) is 0 Å². The molecule has 0 aliphatic carbocycles. The van der Waals surface area contributed by atoms with Gasteiger partial charge in [-0.3, -0.25) is 0 Å². The molecule has 1 N–H and O–H groups in total. The normalized spacial score (nSPS) is 12.4. The number of rotatable bonds is 4. The Morgan fingerprint density at radius 2 is 2.06 bits per heavy atom. The fourth-order valence-electron chi connectivity index (χ4n) is 1.61. The van der Waals surface area contributed by atoms with Crippen LogP contribution in [0.5, 0.6) is 0 Å². The topological polar surface area (TPSA) is 12.0 Å². The molecule has 0 radical (unpaired) electrons. The third-order valence-corrected chi connectivity index (χ3v) is 2.61. The maximum Gasteiger partial charge on any atom is 0.0571 e. The van der Waals surface area contributed by atoms with Crippen LogP contribution in [0, 0.1) is 0 Å². The maximum atomic E-state index is 5.96. The first-order valence-electron chi connectivity index (χ1n) is 5.94. The maximum absolute atomic E-state index is 5.96. The first-order chi connectivity index (χ1) is 8.22. The first kappa shape index (κ1) is 16.0. The monoisotopic (exact) mass is 251 g/mol. The van der Waals surface area contributed by atoms with Gasteiger partial charge in [0.05, 0.1) is 6.04 Å². The molecule has 0 spiro atoms. The summed E-state index contributed by atoms with van der Waals surface area (Å²) in [5.41, 5.74) is 2.30. The van der Waals surface area contributed by atoms with Crippen molar-refractivity contribution < 1.29 is 0 Å². The van der Waals surface area contributed by atoms with Crippen molar-refractivity contribution in [2.75, 3.05) is 7.05 Å². The zero-order chi connectivity index (χ0) is 13.3. The lowest BCUT2D eigenvalue weighted by Crippen LogP contribution is -2.17. The van der Waals surface area contributed by atoms with E-state index in [2.05, 4.69) is 24.0 Å². The van der Waals surface area contributed by atoms with Gasteiger partial charge in [0.15, 0.2) is 0 Å². The SMILES string of the molecule is C=C/C(=C/C)C(NC)c1cccc(Cl)c1.CC. The molecule has 17 heavy (non-hydrogen) atoms. The number of hydrogen-bond donors (Lipinski definition) is 1. The van der Waals surface area contributed by atoms with E-state index in [-0.39, 0.29) is 6.04 Å². The van der Waals surface area contributed by atoms with Gasteiger partial charge in [-0.05, 0) is 37.2 Å². The van der Waals surface area contributed by atoms with E-state index in [1.807, 2.05) is 52.1 Å². The zero-order valence-electron chi connectivity index (χ0n) is 11.1. The molecule has 1 atom stereocenters. The van der Waals surface area contributed by atoms with Gasteiger partial charge in [0.25, 0.3) is 0 Å². The second kappa shape index (κ2) is 9.03. The van der Waals surface area contributed by atoms with Gasteiger partial charge in [0.2, 0.25) is 0 Å². The van der Waals surface area contributed by atoms with E-state index in [4.69, 9.17) is 11.6 Å². The highest BCUT2D eigenvalue weighted by Gasteiger charge is 2.11. The van der Waals surface area contributed by atoms with E-state index in [9.17, 15) is 0 Å². The van der Waals surface area contributed by atoms with Gasteiger partial charge in [0.1, 0.15) is 0 Å². The van der Waals surface area contributed by atoms with Crippen LogP contribution in [0.4, 0.5) is 0 Å². The molecule has 1 unspecified atom stereocenters. The van der Waals surface area contributed by atoms with Gasteiger partial charge in [-0.25, -0.2) is 0 Å². The summed E-state index contributed by atoms with van der Waals surface area (Å²) in [6.45, 7) is 9.81. The van der Waals surface area contributed by atoms with Gasteiger partial charge in [-0.15, -0.1) is 0 Å². The highest BCUT2D eigenvalue weighted by Crippen LogP contribution is 2.24. The highest BCUT2D eigenvalue weighted by atomic mass is 35.5. The second-order valence-electron chi connectivity index (χ2n) is 3.27. The highest BCUT2D eigenvalue weighted by molar-refractivity contribution is 6.30. The van der Waals surface area contributed by atoms with Crippen LogP contribution in [0.3, 0.4) is 0 Å². The average Bonchev–Trinajstić information content (AvgIpc) is 2.38. The van der Waals surface area contributed by atoms with Crippen molar-refractivity contribution in [1.29, 1.82) is 0 Å². The van der Waals surface area contributed by atoms with Crippen molar-refractivity contribution >= 4 is 11.6 Å². The standard InChI is InChI=1S/C13H16ClN.C2H6/c1-4-10(5-2)13(15-3)11-7-6-8-12(14)9-11;1-2/h4-9,13,15H,1H2,2-3H3;1-2H3/b10-5-;. The lowest BCUT2D eigenvalue weighted by atomic mass is 9.99. The van der Waals surface area contributed by atoms with Crippen molar-refractivity contribution in [3.8, 4) is 0 Å². The summed E-state index contributed by atoms with van der Waals surface area (Å²) >= 11 is 5.96. The molecule has 1 aromatic rings. The fourth-order valence-corrected chi connectivity index (χ4v) is 1.81. The van der Waals surface area contributed by atoms with Crippen molar-refractivity contribution in [2.24, 2.45) is 0 Å². The van der Waals surface area contributed by atoms with Gasteiger partial charge < -0.3 is 5.32 Å². The lowest BCUT2D eigenvalue weighted by Gasteiger charge is -2.18. The average molecular weight is 252 g/mol. The summed E-state index contributed by atoms with van der Waals surface area (Å²) in [4.78, 5) is 0. The van der Waals surface area contributed by atoms with Crippen molar-refractivity contribution in [3.63, 3.8) is 0 Å². The Morgan fingerprint density at radius 3 is 2.47 bits per heavy atom. The molecule has 1 nitrogen and oxygen atoms in total. The summed E-state index contributed by atoms with van der Waals surface area (Å²) in [5.74, 6) is 0. The third-order valence-electron chi connectivity index (χ3n) is 2.37. The van der Waals surface area contributed by atoms with Crippen LogP contribution in [0.1, 0.15) is 32.4 Å². The second-order valence-corrected chi connectivity index (χ2v) is 3.71. The number of nitrogens with one attached hydrogen (secondary N) is 1. The summed E-state index contributed by atoms with van der Waals surface area (Å²) in [5, 5.41) is 4.01. The molecule has 2 heteroatoms. The van der Waals surface area contributed by atoms with Crippen molar-refractivity contribution in [2.45, 2.75) is 26.8 Å². The molecule has 0 aromatic heterocycles. The van der Waals surface area contributed by atoms with Crippen LogP contribution in [0.15, 0.2) is 48.6 Å². The Labute approximate surface area is 110 Å². The smallest absolute Gasteiger partial charge is 0.0571 e. The van der Waals surface area contributed by atoms with Gasteiger partial charge in [-0.1, -0.05) is 56.3 Å². The molecule has 94 valence electrons. The van der Waals surface area contributed by atoms with E-state index in [1.54, 1.807) is 0 Å². The number of benzene rings is 1. The molecule has 1 aromatic carbocycles. The minimum absolute atomic E-state index is 0.159. The van der Waals surface area contributed by atoms with Crippen LogP contribution in [0.2, 0.25) is 5.02 Å². The van der Waals surface area contributed by atoms with E-state index in [0.717, 1.165) is 16.2 Å². The Kier molecular flexibility index (Phi) is 8.47. The van der Waals surface area contributed by atoms with Gasteiger partial charge in [0, 0.05) is 5.02 Å². The predicted molar refractivity (Wildman–Crippen MR) is 78.6 cm³/mol. The quantitative estimate of drug-likeness (QED) is 0.761. The molecule has 0 saturated carbocycles. The Bertz CT molecular complexity index is 369. The molecule has 0 saturated heterocycles. The van der Waals surface area contributed by atoms with E-state index < -0.39 is 0 Å². The Balaban J connectivity index is 0.00000121. The molecule has 0 amide bonds. The first-order valence-corrected chi connectivity index (χ1v) is 6.32. The molecule has 0 bridgehead atoms. The van der Waals surface area contributed by atoms with Gasteiger partial charge >= 0.3 is 0 Å². The summed E-state index contributed by atoms with van der Waals surface area (Å²) < 4.78 is 0. The van der Waals surface area contributed by atoms with Crippen molar-refractivity contribution in [3.05, 3.63) is 59.2 Å². The molecular formula is C15H22ClN. The fraction of sp³-hybridized carbons (Fsp3) is 0.333. The number of allylic oxidation sites excluding steroid dienone is 1. The van der Waals surface area contributed by atoms with Crippen LogP contribution in [0.25, 0.3) is 0 Å². The van der Waals surface area contributed by atoms with Gasteiger partial charge in [-0.2, -0.15) is 0 Å². The molecule has 0 heterocycles. The molecule has 0 aliphatic rings. The summed E-state index contributed by atoms with van der Waals surface area (Å²) in [6, 6.07) is 8.01. The Morgan fingerprint density at radius 1 is 1.41 bits per heavy atom. The lowest BCUT2D eigenvalue weighted by molar-refractivity contribution is 0.690. The Hall–Kier alpha value is -1.05. The van der Waals surface area contributed by atoms with Crippen molar-refractivity contribution in [1.82, 2.24) is 5.32 Å². The minimum atomic E-state index is 0.159. The largest absolute Gasteiger partial charge is 0.309 e. The molecule has 0 fully saturated rings. The zero-order valence-corrected chi connectivity index (χ0v) is 11.9. The summed E-state index contributed by atoms with van der Waals surface area (Å²) in [7, 11) is 1.93. The van der Waals surface area contributed by atoms with E-state index in [0.29, 0.717) is 0 Å². The van der Waals surface area contributed by atoms with Crippen LogP contribution >= 0.6 is 11.6 Å². The molecular weight excluding hydrogens is 230 g/mol. The number of likely N-dealkylation sites (N-methyl/N-ethyl adjacent to an activating group) is 1.